The molecule has 1 aliphatic heterocycles. The quantitative estimate of drug-likeness (QED) is 0.588. The Morgan fingerprint density at radius 1 is 1.20 bits per heavy atom. The van der Waals surface area contributed by atoms with Gasteiger partial charge in [-0.25, -0.2) is 18.6 Å². The SMILES string of the molecule is O=C1N/C(=N\CCc2cccs2)C(c2cccc(F)c2F)N1CCCn1ccnc1. The minimum Gasteiger partial charge on any atom is -0.337 e. The maximum Gasteiger partial charge on any atom is 0.323 e. The Balaban J connectivity index is 1.55. The van der Waals surface area contributed by atoms with Crippen molar-refractivity contribution >= 4 is 23.2 Å². The van der Waals surface area contributed by atoms with Crippen LogP contribution in [0.3, 0.4) is 0 Å². The lowest BCUT2D eigenvalue weighted by Crippen LogP contribution is -2.31. The molecule has 1 fully saturated rings. The summed E-state index contributed by atoms with van der Waals surface area (Å²) < 4.78 is 30.4. The Bertz CT molecular complexity index is 1020. The monoisotopic (exact) mass is 429 g/mol. The fraction of sp³-hybridized carbons (Fsp3) is 0.286. The number of thiophene rings is 1. The number of nitrogens with one attached hydrogen (secondary N) is 1. The number of carbonyl (C=O) groups is 1. The molecule has 156 valence electrons. The number of aromatic nitrogens is 2. The van der Waals surface area contributed by atoms with Gasteiger partial charge in [-0.15, -0.1) is 11.3 Å². The van der Waals surface area contributed by atoms with E-state index in [-0.39, 0.29) is 11.6 Å². The Morgan fingerprint density at radius 2 is 2.10 bits per heavy atom. The summed E-state index contributed by atoms with van der Waals surface area (Å²) in [5.74, 6) is -1.54. The standard InChI is InChI=1S/C21H21F2N5OS/c22-17-6-1-5-16(18(17)23)19-20(25-8-7-15-4-2-13-30-15)26-21(29)28(19)11-3-10-27-12-9-24-14-27/h1-2,4-6,9,12-14,19H,3,7-8,10-11H2,(H,25,26,29). The number of hydrogen-bond acceptors (Lipinski definition) is 4. The lowest BCUT2D eigenvalue weighted by Gasteiger charge is -2.24. The largest absolute Gasteiger partial charge is 0.337 e. The van der Waals surface area contributed by atoms with E-state index in [1.54, 1.807) is 23.9 Å². The average Bonchev–Trinajstić information content (AvgIpc) is 3.48. The van der Waals surface area contributed by atoms with Crippen molar-refractivity contribution in [2.75, 3.05) is 13.1 Å². The Labute approximate surface area is 176 Å². The zero-order chi connectivity index (χ0) is 20.9. The molecule has 0 aliphatic carbocycles. The second-order valence-corrected chi connectivity index (χ2v) is 7.95. The summed E-state index contributed by atoms with van der Waals surface area (Å²) in [6.45, 7) is 1.48. The third kappa shape index (κ3) is 4.40. The Hall–Kier alpha value is -3.07. The minimum atomic E-state index is -0.954. The van der Waals surface area contributed by atoms with Gasteiger partial charge in [-0.1, -0.05) is 18.2 Å². The summed E-state index contributed by atoms with van der Waals surface area (Å²) >= 11 is 1.63. The van der Waals surface area contributed by atoms with Crippen LogP contribution in [-0.4, -0.2) is 39.4 Å². The highest BCUT2D eigenvalue weighted by Gasteiger charge is 2.39. The molecule has 1 N–H and O–H groups in total. The van der Waals surface area contributed by atoms with Gasteiger partial charge < -0.3 is 9.47 Å². The van der Waals surface area contributed by atoms with Crippen LogP contribution in [0.2, 0.25) is 0 Å². The van der Waals surface area contributed by atoms with E-state index in [0.29, 0.717) is 31.9 Å². The van der Waals surface area contributed by atoms with Crippen LogP contribution >= 0.6 is 11.3 Å². The van der Waals surface area contributed by atoms with Crippen molar-refractivity contribution in [3.05, 3.63) is 76.5 Å². The van der Waals surface area contributed by atoms with Crippen molar-refractivity contribution < 1.29 is 13.6 Å². The fourth-order valence-electron chi connectivity index (χ4n) is 3.50. The molecule has 1 aliphatic rings. The first-order valence-corrected chi connectivity index (χ1v) is 10.6. The van der Waals surface area contributed by atoms with Crippen LogP contribution in [-0.2, 0) is 13.0 Å². The average molecular weight is 429 g/mol. The molecule has 9 heteroatoms. The third-order valence-corrected chi connectivity index (χ3v) is 5.87. The molecular formula is C21H21F2N5OS. The summed E-state index contributed by atoms with van der Waals surface area (Å²) in [5.41, 5.74) is 0.103. The fourth-order valence-corrected chi connectivity index (χ4v) is 4.20. The second kappa shape index (κ2) is 9.17. The Morgan fingerprint density at radius 3 is 2.87 bits per heavy atom. The smallest absolute Gasteiger partial charge is 0.323 e. The summed E-state index contributed by atoms with van der Waals surface area (Å²) in [6.07, 6.45) is 6.58. The third-order valence-electron chi connectivity index (χ3n) is 4.94. The molecule has 3 aromatic rings. The van der Waals surface area contributed by atoms with Gasteiger partial charge in [0.1, 0.15) is 11.9 Å². The van der Waals surface area contributed by atoms with Crippen LogP contribution in [0.15, 0.2) is 59.4 Å². The molecule has 4 rings (SSSR count). The zero-order valence-electron chi connectivity index (χ0n) is 16.2. The van der Waals surface area contributed by atoms with Crippen molar-refractivity contribution in [3.8, 4) is 0 Å². The van der Waals surface area contributed by atoms with Gasteiger partial charge in [0.05, 0.1) is 6.33 Å². The highest BCUT2D eigenvalue weighted by molar-refractivity contribution is 7.09. The number of carbonyl (C=O) groups excluding carboxylic acids is 1. The molecule has 3 heterocycles. The number of benzene rings is 1. The molecule has 2 aromatic heterocycles. The highest BCUT2D eigenvalue weighted by Crippen LogP contribution is 2.30. The molecule has 2 amide bonds. The number of amides is 2. The van der Waals surface area contributed by atoms with Crippen LogP contribution in [0.5, 0.6) is 0 Å². The second-order valence-electron chi connectivity index (χ2n) is 6.92. The Kier molecular flexibility index (Phi) is 6.18. The van der Waals surface area contributed by atoms with E-state index in [0.717, 1.165) is 12.5 Å². The van der Waals surface area contributed by atoms with Crippen LogP contribution < -0.4 is 5.32 Å². The molecular weight excluding hydrogens is 408 g/mol. The zero-order valence-corrected chi connectivity index (χ0v) is 17.0. The first-order chi connectivity index (χ1) is 14.6. The number of rotatable bonds is 8. The summed E-state index contributed by atoms with van der Waals surface area (Å²) in [7, 11) is 0. The maximum absolute atomic E-state index is 14.6. The number of nitrogens with zero attached hydrogens (tertiary/aromatic N) is 4. The first kappa shape index (κ1) is 20.2. The molecule has 1 atom stereocenters. The van der Waals surface area contributed by atoms with E-state index in [4.69, 9.17) is 0 Å². The number of aliphatic imine (C=N–C) groups is 1. The van der Waals surface area contributed by atoms with E-state index in [1.165, 1.54) is 21.9 Å². The van der Waals surface area contributed by atoms with E-state index in [1.807, 2.05) is 28.3 Å². The number of hydrogen-bond donors (Lipinski definition) is 1. The van der Waals surface area contributed by atoms with Crippen molar-refractivity contribution in [1.29, 1.82) is 0 Å². The molecule has 0 bridgehead atoms. The highest BCUT2D eigenvalue weighted by atomic mass is 32.1. The van der Waals surface area contributed by atoms with Crippen LogP contribution in [0.1, 0.15) is 22.9 Å². The topological polar surface area (TPSA) is 62.5 Å². The van der Waals surface area contributed by atoms with E-state index < -0.39 is 17.7 Å². The van der Waals surface area contributed by atoms with Crippen LogP contribution in [0, 0.1) is 11.6 Å². The van der Waals surface area contributed by atoms with Crippen molar-refractivity contribution in [2.24, 2.45) is 4.99 Å². The number of aryl methyl sites for hydroxylation is 1. The van der Waals surface area contributed by atoms with Crippen molar-refractivity contribution in [3.63, 3.8) is 0 Å². The van der Waals surface area contributed by atoms with Gasteiger partial charge >= 0.3 is 6.03 Å². The van der Waals surface area contributed by atoms with Crippen molar-refractivity contribution in [2.45, 2.75) is 25.4 Å². The normalized spacial score (nSPS) is 17.7. The molecule has 0 spiro atoms. The van der Waals surface area contributed by atoms with Crippen LogP contribution in [0.25, 0.3) is 0 Å². The lowest BCUT2D eigenvalue weighted by molar-refractivity contribution is 0.203. The van der Waals surface area contributed by atoms with Gasteiger partial charge in [0.25, 0.3) is 0 Å². The molecule has 1 unspecified atom stereocenters. The predicted octanol–water partition coefficient (Wildman–Crippen LogP) is 4.02. The number of halogens is 2. The van der Waals surface area contributed by atoms with E-state index in [2.05, 4.69) is 15.3 Å². The van der Waals surface area contributed by atoms with Crippen molar-refractivity contribution in [1.82, 2.24) is 19.8 Å². The van der Waals surface area contributed by atoms with Gasteiger partial charge in [-0.2, -0.15) is 0 Å². The molecule has 30 heavy (non-hydrogen) atoms. The minimum absolute atomic E-state index is 0.103. The van der Waals surface area contributed by atoms with Gasteiger partial charge in [0.2, 0.25) is 0 Å². The van der Waals surface area contributed by atoms with Gasteiger partial charge in [0, 0.05) is 48.9 Å². The van der Waals surface area contributed by atoms with Gasteiger partial charge in [-0.05, 0) is 23.9 Å². The number of amidine groups is 1. The lowest BCUT2D eigenvalue weighted by atomic mass is 10.0. The summed E-state index contributed by atoms with van der Waals surface area (Å²) in [5, 5.41) is 4.75. The molecule has 1 aromatic carbocycles. The van der Waals surface area contributed by atoms with Crippen LogP contribution in [0.4, 0.5) is 13.6 Å². The molecule has 0 saturated carbocycles. The first-order valence-electron chi connectivity index (χ1n) is 9.67. The van der Waals surface area contributed by atoms with Gasteiger partial charge in [-0.3, -0.25) is 10.3 Å². The molecule has 0 radical (unpaired) electrons. The van der Waals surface area contributed by atoms with Gasteiger partial charge in [0.15, 0.2) is 11.6 Å². The van der Waals surface area contributed by atoms with E-state index in [9.17, 15) is 13.6 Å². The van der Waals surface area contributed by atoms with E-state index >= 15 is 0 Å². The number of urea groups is 1. The maximum atomic E-state index is 14.6. The predicted molar refractivity (Wildman–Crippen MR) is 112 cm³/mol. The number of imidazole rings is 1. The molecule has 1 saturated heterocycles. The molecule has 6 nitrogen and oxygen atoms in total. The summed E-state index contributed by atoms with van der Waals surface area (Å²) in [4.78, 5) is 23.9. The summed E-state index contributed by atoms with van der Waals surface area (Å²) in [6, 6.07) is 6.87.